The summed E-state index contributed by atoms with van der Waals surface area (Å²) in [4.78, 5) is 12.9. The molecule has 0 heterocycles. The summed E-state index contributed by atoms with van der Waals surface area (Å²) in [6.07, 6.45) is 17.6. The first-order valence-corrected chi connectivity index (χ1v) is 15.7. The van der Waals surface area contributed by atoms with Crippen molar-refractivity contribution in [2.75, 3.05) is 27.3 Å². The third-order valence-electron chi connectivity index (χ3n) is 7.70. The van der Waals surface area contributed by atoms with E-state index in [-0.39, 0.29) is 12.0 Å². The molecule has 0 bridgehead atoms. The van der Waals surface area contributed by atoms with Crippen molar-refractivity contribution in [3.8, 4) is 5.75 Å². The number of hydrogen-bond acceptors (Lipinski definition) is 3. The summed E-state index contributed by atoms with van der Waals surface area (Å²) in [7, 11) is 4.21. The van der Waals surface area contributed by atoms with Crippen LogP contribution in [0.2, 0.25) is 0 Å². The number of rotatable bonds is 22. The van der Waals surface area contributed by atoms with Crippen molar-refractivity contribution >= 4 is 5.97 Å². The molecule has 0 aliphatic carbocycles. The number of carbonyl (C=O) groups is 1. The molecule has 2 rings (SSSR count). The van der Waals surface area contributed by atoms with Gasteiger partial charge in [0.25, 0.3) is 0 Å². The summed E-state index contributed by atoms with van der Waals surface area (Å²) in [5, 5.41) is 0. The Hall–Kier alpha value is -2.33. The molecule has 2 aromatic rings. The van der Waals surface area contributed by atoms with Gasteiger partial charge in [-0.15, -0.1) is 0 Å². The number of unbranched alkanes of at least 4 members (excludes halogenated alkanes) is 10. The molecular formula is C35H56NO3+. The highest BCUT2D eigenvalue weighted by atomic mass is 16.5. The summed E-state index contributed by atoms with van der Waals surface area (Å²) in [6.45, 7) is 6.08. The van der Waals surface area contributed by atoms with E-state index < -0.39 is 0 Å². The third kappa shape index (κ3) is 14.0. The van der Waals surface area contributed by atoms with Crippen molar-refractivity contribution in [1.82, 2.24) is 0 Å². The largest absolute Gasteiger partial charge is 0.493 e. The molecule has 0 aliphatic heterocycles. The first-order valence-electron chi connectivity index (χ1n) is 15.7. The smallest absolute Gasteiger partial charge is 0.364 e. The molecule has 1 atom stereocenters. The van der Waals surface area contributed by atoms with Crippen LogP contribution in [0.25, 0.3) is 0 Å². The summed E-state index contributed by atoms with van der Waals surface area (Å²) < 4.78 is 12.2. The van der Waals surface area contributed by atoms with E-state index in [0.717, 1.165) is 25.1 Å². The summed E-state index contributed by atoms with van der Waals surface area (Å²) >= 11 is 0. The highest BCUT2D eigenvalue weighted by molar-refractivity contribution is 5.74. The zero-order valence-corrected chi connectivity index (χ0v) is 25.5. The molecule has 0 amide bonds. The number of benzene rings is 2. The SMILES string of the molecule is CCCCCCCCCCCCCc1cccc(OCCCOC(=O)C(CC)[N+](C)(C)Cc2ccccc2)c1. The Bertz CT molecular complexity index is 896. The van der Waals surface area contributed by atoms with E-state index in [4.69, 9.17) is 9.47 Å². The fourth-order valence-electron chi connectivity index (χ4n) is 5.41. The highest BCUT2D eigenvalue weighted by Crippen LogP contribution is 2.19. The number of ether oxygens (including phenoxy) is 2. The molecule has 0 aromatic heterocycles. The number of quaternary nitrogens is 1. The lowest BCUT2D eigenvalue weighted by atomic mass is 10.0. The quantitative estimate of drug-likeness (QED) is 0.0853. The topological polar surface area (TPSA) is 35.5 Å². The molecule has 39 heavy (non-hydrogen) atoms. The fraction of sp³-hybridized carbons (Fsp3) is 0.629. The van der Waals surface area contributed by atoms with Crippen LogP contribution in [0, 0.1) is 0 Å². The molecule has 0 saturated carbocycles. The molecule has 0 aliphatic rings. The molecule has 0 radical (unpaired) electrons. The second kappa shape index (κ2) is 19.7. The number of carbonyl (C=O) groups excluding carboxylic acids is 1. The van der Waals surface area contributed by atoms with Crippen molar-refractivity contribution in [2.24, 2.45) is 0 Å². The first-order chi connectivity index (χ1) is 19.0. The molecule has 2 aromatic carbocycles. The lowest BCUT2D eigenvalue weighted by Crippen LogP contribution is -2.52. The number of aryl methyl sites for hydroxylation is 1. The maximum atomic E-state index is 12.9. The molecule has 0 saturated heterocycles. The molecule has 0 spiro atoms. The van der Waals surface area contributed by atoms with Crippen LogP contribution in [-0.4, -0.2) is 43.8 Å². The van der Waals surface area contributed by atoms with E-state index in [1.165, 1.54) is 81.8 Å². The second-order valence-electron chi connectivity index (χ2n) is 11.6. The zero-order chi connectivity index (χ0) is 28.2. The lowest BCUT2D eigenvalue weighted by molar-refractivity contribution is -0.919. The number of nitrogens with zero attached hydrogens (tertiary/aromatic N) is 1. The summed E-state index contributed by atoms with van der Waals surface area (Å²) in [5.41, 5.74) is 2.58. The number of likely N-dealkylation sites (N-methyl/N-ethyl adjacent to an activating group) is 1. The predicted octanol–water partition coefficient (Wildman–Crippen LogP) is 8.91. The van der Waals surface area contributed by atoms with Crippen molar-refractivity contribution in [3.05, 3.63) is 65.7 Å². The van der Waals surface area contributed by atoms with Gasteiger partial charge in [0, 0.05) is 18.4 Å². The van der Waals surface area contributed by atoms with Crippen LogP contribution in [0.5, 0.6) is 5.75 Å². The van der Waals surface area contributed by atoms with Crippen LogP contribution in [0.1, 0.15) is 108 Å². The first kappa shape index (κ1) is 32.9. The minimum atomic E-state index is -0.182. The van der Waals surface area contributed by atoms with Crippen LogP contribution in [-0.2, 0) is 22.5 Å². The van der Waals surface area contributed by atoms with Crippen molar-refractivity contribution in [3.63, 3.8) is 0 Å². The average Bonchev–Trinajstić information content (AvgIpc) is 2.92. The van der Waals surface area contributed by atoms with E-state index in [1.807, 2.05) is 24.3 Å². The fourth-order valence-corrected chi connectivity index (χ4v) is 5.41. The Balaban J connectivity index is 1.58. The Kier molecular flexibility index (Phi) is 16.6. The molecule has 4 heteroatoms. The van der Waals surface area contributed by atoms with Gasteiger partial charge < -0.3 is 14.0 Å². The van der Waals surface area contributed by atoms with Crippen LogP contribution in [0.4, 0.5) is 0 Å². The van der Waals surface area contributed by atoms with Gasteiger partial charge in [-0.25, -0.2) is 4.79 Å². The van der Waals surface area contributed by atoms with Crippen molar-refractivity contribution in [2.45, 2.75) is 116 Å². The van der Waals surface area contributed by atoms with Crippen molar-refractivity contribution in [1.29, 1.82) is 0 Å². The third-order valence-corrected chi connectivity index (χ3v) is 7.70. The van der Waals surface area contributed by atoms with Crippen LogP contribution in [0.3, 0.4) is 0 Å². The highest BCUT2D eigenvalue weighted by Gasteiger charge is 2.34. The maximum absolute atomic E-state index is 12.9. The van der Waals surface area contributed by atoms with Crippen molar-refractivity contribution < 1.29 is 18.8 Å². The van der Waals surface area contributed by atoms with Gasteiger partial charge in [-0.2, -0.15) is 0 Å². The van der Waals surface area contributed by atoms with E-state index in [1.54, 1.807) is 0 Å². The monoisotopic (exact) mass is 538 g/mol. The zero-order valence-electron chi connectivity index (χ0n) is 25.5. The molecule has 0 N–H and O–H groups in total. The van der Waals surface area contributed by atoms with Gasteiger partial charge in [-0.05, 0) is 30.5 Å². The Morgan fingerprint density at radius 2 is 1.33 bits per heavy atom. The minimum absolute atomic E-state index is 0.118. The van der Waals surface area contributed by atoms with Gasteiger partial charge in [-0.3, -0.25) is 0 Å². The molecule has 1 unspecified atom stereocenters. The number of hydrogen-bond donors (Lipinski definition) is 0. The normalized spacial score (nSPS) is 12.3. The van der Waals surface area contributed by atoms with Crippen LogP contribution < -0.4 is 4.74 Å². The average molecular weight is 539 g/mol. The van der Waals surface area contributed by atoms with Crippen LogP contribution in [0.15, 0.2) is 54.6 Å². The van der Waals surface area contributed by atoms with E-state index in [2.05, 4.69) is 58.3 Å². The van der Waals surface area contributed by atoms with Gasteiger partial charge >= 0.3 is 5.97 Å². The van der Waals surface area contributed by atoms with Gasteiger partial charge in [0.2, 0.25) is 0 Å². The Morgan fingerprint density at radius 3 is 1.97 bits per heavy atom. The molecular weight excluding hydrogens is 482 g/mol. The van der Waals surface area contributed by atoms with Gasteiger partial charge in [0.1, 0.15) is 12.3 Å². The second-order valence-corrected chi connectivity index (χ2v) is 11.6. The molecule has 218 valence electrons. The maximum Gasteiger partial charge on any atom is 0.364 e. The standard InChI is InChI=1S/C35H56NO3/c1-5-7-8-9-10-11-12-13-14-15-17-22-31-25-20-26-33(29-31)38-27-21-28-39-35(37)34(6-2)36(3,4)30-32-23-18-16-19-24-32/h16,18-20,23-26,29,34H,5-15,17,21-22,27-28,30H2,1-4H3/q+1. The van der Waals surface area contributed by atoms with Crippen LogP contribution >= 0.6 is 0 Å². The molecule has 4 nitrogen and oxygen atoms in total. The summed E-state index contributed by atoms with van der Waals surface area (Å²) in [5.74, 6) is 0.793. The van der Waals surface area contributed by atoms with Gasteiger partial charge in [-0.1, -0.05) is 121 Å². The van der Waals surface area contributed by atoms with E-state index in [0.29, 0.717) is 24.1 Å². The minimum Gasteiger partial charge on any atom is -0.493 e. The predicted molar refractivity (Wildman–Crippen MR) is 164 cm³/mol. The molecule has 0 fully saturated rings. The Labute approximate surface area is 239 Å². The van der Waals surface area contributed by atoms with E-state index in [9.17, 15) is 4.79 Å². The van der Waals surface area contributed by atoms with E-state index >= 15 is 0 Å². The summed E-state index contributed by atoms with van der Waals surface area (Å²) in [6, 6.07) is 18.6. The lowest BCUT2D eigenvalue weighted by Gasteiger charge is -2.36. The number of esters is 1. The van der Waals surface area contributed by atoms with Gasteiger partial charge in [0.15, 0.2) is 6.04 Å². The van der Waals surface area contributed by atoms with Gasteiger partial charge in [0.05, 0.1) is 27.3 Å². The Morgan fingerprint density at radius 1 is 0.718 bits per heavy atom.